The van der Waals surface area contributed by atoms with E-state index >= 15 is 0 Å². The second-order valence-corrected chi connectivity index (χ2v) is 7.65. The van der Waals surface area contributed by atoms with E-state index in [0.717, 1.165) is 11.1 Å². The number of anilines is 1. The lowest BCUT2D eigenvalue weighted by Crippen LogP contribution is -2.31. The van der Waals surface area contributed by atoms with E-state index in [2.05, 4.69) is 0 Å². The van der Waals surface area contributed by atoms with Crippen molar-refractivity contribution in [1.29, 1.82) is 0 Å². The molecule has 0 fully saturated rings. The number of carbonyl (C=O) groups is 2. The van der Waals surface area contributed by atoms with Gasteiger partial charge in [0.05, 0.1) is 18.2 Å². The van der Waals surface area contributed by atoms with Crippen LogP contribution < -0.4 is 9.64 Å². The zero-order valence-electron chi connectivity index (χ0n) is 17.3. The van der Waals surface area contributed by atoms with Gasteiger partial charge in [0.2, 0.25) is 0 Å². The summed E-state index contributed by atoms with van der Waals surface area (Å²) in [5, 5.41) is 10.7. The molecule has 3 rings (SSSR count). The van der Waals surface area contributed by atoms with Gasteiger partial charge in [0.25, 0.3) is 5.91 Å². The highest BCUT2D eigenvalue weighted by Gasteiger charge is 2.44. The molecule has 0 saturated carbocycles. The number of amides is 1. The first-order chi connectivity index (χ1) is 13.8. The van der Waals surface area contributed by atoms with E-state index in [1.54, 1.807) is 0 Å². The summed E-state index contributed by atoms with van der Waals surface area (Å²) in [6, 6.07) is 14.1. The van der Waals surface area contributed by atoms with Gasteiger partial charge in [-0.15, -0.1) is 0 Å². The molecule has 1 heterocycles. The van der Waals surface area contributed by atoms with E-state index in [1.807, 2.05) is 76.2 Å². The number of para-hydroxylation sites is 1. The molecule has 1 amide bonds. The SMILES string of the molecule is CCOc1ccc(C2C(C(=O)CC(C)C)=C(O)C(=O)N2c2ccccc2C)cc1. The zero-order valence-corrected chi connectivity index (χ0v) is 17.3. The molecule has 2 aromatic carbocycles. The molecule has 0 spiro atoms. The van der Waals surface area contributed by atoms with Crippen LogP contribution in [0.3, 0.4) is 0 Å². The van der Waals surface area contributed by atoms with Gasteiger partial charge in [0.1, 0.15) is 5.75 Å². The molecule has 5 heteroatoms. The van der Waals surface area contributed by atoms with Crippen molar-refractivity contribution in [1.82, 2.24) is 0 Å². The van der Waals surface area contributed by atoms with E-state index in [9.17, 15) is 14.7 Å². The van der Waals surface area contributed by atoms with Crippen LogP contribution in [0.1, 0.15) is 44.4 Å². The standard InChI is InChI=1S/C24H27NO4/c1-5-29-18-12-10-17(11-13-18)22-21(20(26)14-15(2)3)23(27)24(28)25(22)19-9-7-6-8-16(19)4/h6-13,15,22,27H,5,14H2,1-4H3. The van der Waals surface area contributed by atoms with Gasteiger partial charge in [-0.1, -0.05) is 44.2 Å². The maximum Gasteiger partial charge on any atom is 0.294 e. The Morgan fingerprint density at radius 1 is 1.14 bits per heavy atom. The molecule has 2 aromatic rings. The van der Waals surface area contributed by atoms with Crippen molar-refractivity contribution in [3.8, 4) is 5.75 Å². The number of hydrogen-bond donors (Lipinski definition) is 1. The fraction of sp³-hybridized carbons (Fsp3) is 0.333. The Hall–Kier alpha value is -3.08. The molecule has 0 aromatic heterocycles. The number of rotatable bonds is 7. The Balaban J connectivity index is 2.12. The van der Waals surface area contributed by atoms with E-state index in [0.29, 0.717) is 18.0 Å². The monoisotopic (exact) mass is 393 g/mol. The molecule has 1 atom stereocenters. The molecule has 0 aliphatic carbocycles. The van der Waals surface area contributed by atoms with Gasteiger partial charge in [-0.25, -0.2) is 0 Å². The fourth-order valence-corrected chi connectivity index (χ4v) is 3.68. The van der Waals surface area contributed by atoms with Crippen molar-refractivity contribution >= 4 is 17.4 Å². The number of ether oxygens (including phenoxy) is 1. The van der Waals surface area contributed by atoms with E-state index in [4.69, 9.17) is 4.74 Å². The summed E-state index contributed by atoms with van der Waals surface area (Å²) >= 11 is 0. The first-order valence-corrected chi connectivity index (χ1v) is 9.93. The second kappa shape index (κ2) is 8.52. The smallest absolute Gasteiger partial charge is 0.294 e. The Morgan fingerprint density at radius 2 is 1.79 bits per heavy atom. The zero-order chi connectivity index (χ0) is 21.1. The first kappa shape index (κ1) is 20.6. The van der Waals surface area contributed by atoms with Crippen molar-refractivity contribution in [3.63, 3.8) is 0 Å². The molecule has 0 radical (unpaired) electrons. The number of aryl methyl sites for hydroxylation is 1. The lowest BCUT2D eigenvalue weighted by atomic mass is 9.92. The summed E-state index contributed by atoms with van der Waals surface area (Å²) in [5.41, 5.74) is 2.48. The van der Waals surface area contributed by atoms with Crippen LogP contribution in [0.4, 0.5) is 5.69 Å². The maximum atomic E-state index is 13.1. The summed E-state index contributed by atoms with van der Waals surface area (Å²) in [6.07, 6.45) is 0.266. The lowest BCUT2D eigenvalue weighted by Gasteiger charge is -2.28. The Labute approximate surface area is 171 Å². The largest absolute Gasteiger partial charge is 0.503 e. The van der Waals surface area contributed by atoms with Gasteiger partial charge >= 0.3 is 0 Å². The molecular weight excluding hydrogens is 366 g/mol. The summed E-state index contributed by atoms with van der Waals surface area (Å²) < 4.78 is 5.51. The minimum atomic E-state index is -0.675. The Bertz CT molecular complexity index is 944. The minimum Gasteiger partial charge on any atom is -0.503 e. The molecule has 0 bridgehead atoms. The summed E-state index contributed by atoms with van der Waals surface area (Å²) in [5.74, 6) is -0.387. The van der Waals surface area contributed by atoms with Crippen LogP contribution in [0.5, 0.6) is 5.75 Å². The number of aliphatic hydroxyl groups is 1. The van der Waals surface area contributed by atoms with E-state index < -0.39 is 17.7 Å². The fourth-order valence-electron chi connectivity index (χ4n) is 3.68. The molecule has 1 aliphatic rings. The van der Waals surface area contributed by atoms with Crippen molar-refractivity contribution in [3.05, 3.63) is 71.0 Å². The van der Waals surface area contributed by atoms with E-state index in [1.165, 1.54) is 4.90 Å². The van der Waals surface area contributed by atoms with Crippen LogP contribution in [-0.2, 0) is 9.59 Å². The normalized spacial score (nSPS) is 16.7. The van der Waals surface area contributed by atoms with Crippen LogP contribution >= 0.6 is 0 Å². The third-order valence-electron chi connectivity index (χ3n) is 4.98. The van der Waals surface area contributed by atoms with Crippen LogP contribution in [0.15, 0.2) is 59.9 Å². The number of nitrogens with zero attached hydrogens (tertiary/aromatic N) is 1. The number of carbonyl (C=O) groups excluding carboxylic acids is 2. The van der Waals surface area contributed by atoms with Gasteiger partial charge in [-0.2, -0.15) is 0 Å². The Kier molecular flexibility index (Phi) is 6.06. The van der Waals surface area contributed by atoms with Gasteiger partial charge in [0.15, 0.2) is 11.5 Å². The molecular formula is C24H27NO4. The predicted molar refractivity (Wildman–Crippen MR) is 113 cm³/mol. The average molecular weight is 393 g/mol. The van der Waals surface area contributed by atoms with Crippen molar-refractivity contribution < 1.29 is 19.4 Å². The van der Waals surface area contributed by atoms with Crippen LogP contribution in [0, 0.1) is 12.8 Å². The van der Waals surface area contributed by atoms with Gasteiger partial charge < -0.3 is 9.84 Å². The van der Waals surface area contributed by atoms with Crippen LogP contribution in [-0.4, -0.2) is 23.4 Å². The quantitative estimate of drug-likeness (QED) is 0.726. The van der Waals surface area contributed by atoms with Gasteiger partial charge in [-0.3, -0.25) is 14.5 Å². The summed E-state index contributed by atoms with van der Waals surface area (Å²) in [7, 11) is 0. The van der Waals surface area contributed by atoms with Crippen LogP contribution in [0.2, 0.25) is 0 Å². The van der Waals surface area contributed by atoms with E-state index in [-0.39, 0.29) is 23.7 Å². The molecule has 29 heavy (non-hydrogen) atoms. The molecule has 0 saturated heterocycles. The highest BCUT2D eigenvalue weighted by Crippen LogP contribution is 2.42. The molecule has 152 valence electrons. The third-order valence-corrected chi connectivity index (χ3v) is 4.98. The second-order valence-electron chi connectivity index (χ2n) is 7.65. The number of ketones is 1. The summed E-state index contributed by atoms with van der Waals surface area (Å²) in [6.45, 7) is 8.25. The first-order valence-electron chi connectivity index (χ1n) is 9.93. The number of Topliss-reactive ketones (excluding diaryl/α,β-unsaturated/α-hetero) is 1. The maximum absolute atomic E-state index is 13.1. The topological polar surface area (TPSA) is 66.8 Å². The van der Waals surface area contributed by atoms with Gasteiger partial charge in [0, 0.05) is 12.1 Å². The van der Waals surface area contributed by atoms with Crippen LogP contribution in [0.25, 0.3) is 0 Å². The lowest BCUT2D eigenvalue weighted by molar-refractivity contribution is -0.118. The van der Waals surface area contributed by atoms with Crippen molar-refractivity contribution in [2.75, 3.05) is 11.5 Å². The van der Waals surface area contributed by atoms with Crippen molar-refractivity contribution in [2.45, 2.75) is 40.2 Å². The minimum absolute atomic E-state index is 0.117. The number of benzene rings is 2. The van der Waals surface area contributed by atoms with Gasteiger partial charge in [-0.05, 0) is 49.1 Å². The number of aliphatic hydroxyl groups excluding tert-OH is 1. The Morgan fingerprint density at radius 3 is 2.38 bits per heavy atom. The highest BCUT2D eigenvalue weighted by atomic mass is 16.5. The number of hydrogen-bond acceptors (Lipinski definition) is 4. The average Bonchev–Trinajstić information content (AvgIpc) is 2.94. The molecule has 1 aliphatic heterocycles. The molecule has 1 unspecified atom stereocenters. The predicted octanol–water partition coefficient (Wildman–Crippen LogP) is 4.91. The molecule has 1 N–H and O–H groups in total. The molecule has 5 nitrogen and oxygen atoms in total. The summed E-state index contributed by atoms with van der Waals surface area (Å²) in [4.78, 5) is 27.6. The highest BCUT2D eigenvalue weighted by molar-refractivity contribution is 6.16. The van der Waals surface area contributed by atoms with Crippen molar-refractivity contribution in [2.24, 2.45) is 5.92 Å². The third kappa shape index (κ3) is 4.04.